The van der Waals surface area contributed by atoms with E-state index in [9.17, 15) is 4.79 Å². The third kappa shape index (κ3) is 2.88. The zero-order valence-electron chi connectivity index (χ0n) is 14.4. The minimum Gasteiger partial charge on any atom is -0.369 e. The second kappa shape index (κ2) is 6.37. The molecule has 0 radical (unpaired) electrons. The number of nitrogens with zero attached hydrogens (tertiary/aromatic N) is 6. The molecule has 0 aliphatic heterocycles. The monoisotopic (exact) mass is 370 g/mol. The number of nitrogens with two attached hydrogens (primary N) is 1. The van der Waals surface area contributed by atoms with Crippen LogP contribution in [0.25, 0.3) is 16.1 Å². The van der Waals surface area contributed by atoms with Gasteiger partial charge < -0.3 is 11.1 Å². The van der Waals surface area contributed by atoms with Gasteiger partial charge >= 0.3 is 0 Å². The van der Waals surface area contributed by atoms with Gasteiger partial charge in [0.2, 0.25) is 10.9 Å². The number of amides is 1. The first-order valence-corrected chi connectivity index (χ1v) is 9.08. The topological polar surface area (TPSA) is 116 Å². The van der Waals surface area contributed by atoms with Gasteiger partial charge in [0.25, 0.3) is 5.91 Å². The molecule has 0 aromatic carbocycles. The van der Waals surface area contributed by atoms with Crippen molar-refractivity contribution >= 4 is 39.3 Å². The first-order chi connectivity index (χ1) is 12.5. The van der Waals surface area contributed by atoms with Gasteiger partial charge in [-0.05, 0) is 19.9 Å². The first kappa shape index (κ1) is 16.5. The summed E-state index contributed by atoms with van der Waals surface area (Å²) >= 11 is 1.54. The fourth-order valence-corrected chi connectivity index (χ4v) is 3.58. The minimum atomic E-state index is -0.195. The lowest BCUT2D eigenvalue weighted by molar-refractivity contribution is 0.0954. The van der Waals surface area contributed by atoms with Crippen molar-refractivity contribution in [3.63, 3.8) is 0 Å². The van der Waals surface area contributed by atoms with Crippen molar-refractivity contribution in [1.29, 1.82) is 0 Å². The molecule has 4 aromatic heterocycles. The number of imidazole rings is 2. The lowest BCUT2D eigenvalue weighted by Crippen LogP contribution is -2.25. The molecular formula is C16H18N8OS. The Kier molecular flexibility index (Phi) is 4.03. The number of aromatic nitrogens is 6. The van der Waals surface area contributed by atoms with Crippen LogP contribution in [-0.2, 0) is 13.0 Å². The quantitative estimate of drug-likeness (QED) is 0.549. The number of aryl methyl sites for hydroxylation is 2. The average molecular weight is 370 g/mol. The molecule has 3 N–H and O–H groups in total. The molecule has 0 aliphatic rings. The van der Waals surface area contributed by atoms with Crippen LogP contribution in [0.15, 0.2) is 18.5 Å². The van der Waals surface area contributed by atoms with Crippen LogP contribution in [0.2, 0.25) is 0 Å². The van der Waals surface area contributed by atoms with Crippen molar-refractivity contribution < 1.29 is 4.79 Å². The van der Waals surface area contributed by atoms with Crippen molar-refractivity contribution in [3.8, 4) is 0 Å². The Morgan fingerprint density at radius 3 is 3.00 bits per heavy atom. The summed E-state index contributed by atoms with van der Waals surface area (Å²) in [5.41, 5.74) is 8.52. The molecule has 0 unspecified atom stereocenters. The SMILES string of the molecule is CCn1c(N)nc2cc(C(=O)NCCc3cn4nc(C)sc4n3)cnc21. The van der Waals surface area contributed by atoms with Crippen molar-refractivity contribution in [2.24, 2.45) is 0 Å². The van der Waals surface area contributed by atoms with E-state index in [2.05, 4.69) is 25.4 Å². The highest BCUT2D eigenvalue weighted by molar-refractivity contribution is 7.16. The maximum absolute atomic E-state index is 12.4. The number of fused-ring (bicyclic) bond motifs is 2. The number of pyridine rings is 1. The molecule has 10 heteroatoms. The summed E-state index contributed by atoms with van der Waals surface area (Å²) in [4.78, 5) is 26.3. The van der Waals surface area contributed by atoms with E-state index >= 15 is 0 Å². The van der Waals surface area contributed by atoms with E-state index in [4.69, 9.17) is 5.73 Å². The largest absolute Gasteiger partial charge is 0.369 e. The molecule has 26 heavy (non-hydrogen) atoms. The molecular weight excluding hydrogens is 352 g/mol. The van der Waals surface area contributed by atoms with Crippen LogP contribution < -0.4 is 11.1 Å². The Balaban J connectivity index is 1.42. The van der Waals surface area contributed by atoms with Crippen LogP contribution >= 0.6 is 11.3 Å². The lowest BCUT2D eigenvalue weighted by Gasteiger charge is -2.04. The normalized spacial score (nSPS) is 11.5. The molecule has 9 nitrogen and oxygen atoms in total. The van der Waals surface area contributed by atoms with Crippen LogP contribution in [0.4, 0.5) is 5.95 Å². The maximum Gasteiger partial charge on any atom is 0.252 e. The van der Waals surface area contributed by atoms with Gasteiger partial charge in [-0.2, -0.15) is 5.10 Å². The molecule has 0 saturated heterocycles. The maximum atomic E-state index is 12.4. The second-order valence-corrected chi connectivity index (χ2v) is 7.03. The molecule has 4 heterocycles. The number of carbonyl (C=O) groups is 1. The van der Waals surface area contributed by atoms with Gasteiger partial charge in [0, 0.05) is 25.7 Å². The van der Waals surface area contributed by atoms with E-state index in [1.54, 1.807) is 32.7 Å². The third-order valence-corrected chi connectivity index (χ3v) is 4.89. The van der Waals surface area contributed by atoms with E-state index in [0.29, 0.717) is 42.2 Å². The molecule has 4 rings (SSSR count). The van der Waals surface area contributed by atoms with Gasteiger partial charge in [0.15, 0.2) is 5.65 Å². The Labute approximate surface area is 152 Å². The number of nitrogens with one attached hydrogen (secondary N) is 1. The van der Waals surface area contributed by atoms with Gasteiger partial charge in [0.05, 0.1) is 17.5 Å². The van der Waals surface area contributed by atoms with E-state index < -0.39 is 0 Å². The number of anilines is 1. The lowest BCUT2D eigenvalue weighted by atomic mass is 10.2. The van der Waals surface area contributed by atoms with Crippen molar-refractivity contribution in [2.75, 3.05) is 12.3 Å². The van der Waals surface area contributed by atoms with E-state index in [1.165, 1.54) is 0 Å². The number of rotatable bonds is 5. The molecule has 0 bridgehead atoms. The fraction of sp³-hybridized carbons (Fsp3) is 0.312. The van der Waals surface area contributed by atoms with E-state index in [1.807, 2.05) is 20.0 Å². The molecule has 134 valence electrons. The molecule has 0 saturated carbocycles. The predicted molar refractivity (Wildman–Crippen MR) is 99.3 cm³/mol. The highest BCUT2D eigenvalue weighted by atomic mass is 32.1. The molecule has 0 aliphatic carbocycles. The number of carbonyl (C=O) groups excluding carboxylic acids is 1. The third-order valence-electron chi connectivity index (χ3n) is 4.05. The summed E-state index contributed by atoms with van der Waals surface area (Å²) in [6, 6.07) is 1.71. The fourth-order valence-electron chi connectivity index (χ4n) is 2.84. The summed E-state index contributed by atoms with van der Waals surface area (Å²) in [7, 11) is 0. The summed E-state index contributed by atoms with van der Waals surface area (Å²) in [5.74, 6) is 0.204. The Bertz CT molecular complexity index is 1080. The summed E-state index contributed by atoms with van der Waals surface area (Å²) in [5, 5.41) is 8.19. The first-order valence-electron chi connectivity index (χ1n) is 8.27. The van der Waals surface area contributed by atoms with Crippen molar-refractivity contribution in [1.82, 2.24) is 34.4 Å². The Morgan fingerprint density at radius 2 is 2.23 bits per heavy atom. The van der Waals surface area contributed by atoms with Crippen LogP contribution in [0, 0.1) is 6.92 Å². The van der Waals surface area contributed by atoms with Gasteiger partial charge in [-0.15, -0.1) is 0 Å². The zero-order valence-corrected chi connectivity index (χ0v) is 15.2. The number of hydrogen-bond donors (Lipinski definition) is 2. The van der Waals surface area contributed by atoms with Crippen molar-refractivity contribution in [2.45, 2.75) is 26.8 Å². The molecule has 4 aromatic rings. The molecule has 0 spiro atoms. The van der Waals surface area contributed by atoms with E-state index in [-0.39, 0.29) is 5.91 Å². The number of hydrogen-bond acceptors (Lipinski definition) is 7. The summed E-state index contributed by atoms with van der Waals surface area (Å²) in [6.45, 7) is 5.07. The molecule has 0 atom stereocenters. The van der Waals surface area contributed by atoms with Crippen LogP contribution in [0.1, 0.15) is 28.0 Å². The Morgan fingerprint density at radius 1 is 1.38 bits per heavy atom. The van der Waals surface area contributed by atoms with Crippen LogP contribution in [0.3, 0.4) is 0 Å². The van der Waals surface area contributed by atoms with Gasteiger partial charge in [-0.1, -0.05) is 11.3 Å². The van der Waals surface area contributed by atoms with E-state index in [0.717, 1.165) is 15.7 Å². The standard InChI is InChI=1S/C16H18N8OS/c1-3-23-13-12(21-15(23)17)6-10(7-19-13)14(25)18-5-4-11-8-24-16(20-11)26-9(2)22-24/h6-8H,3-5H2,1-2H3,(H2,17,21)(H,18,25). The van der Waals surface area contributed by atoms with Crippen LogP contribution in [-0.4, -0.2) is 41.6 Å². The van der Waals surface area contributed by atoms with Gasteiger partial charge in [-0.3, -0.25) is 9.36 Å². The molecule has 0 fully saturated rings. The van der Waals surface area contributed by atoms with Gasteiger partial charge in [0.1, 0.15) is 10.5 Å². The average Bonchev–Trinajstić information content (AvgIpc) is 3.23. The van der Waals surface area contributed by atoms with Gasteiger partial charge in [-0.25, -0.2) is 19.5 Å². The van der Waals surface area contributed by atoms with Crippen LogP contribution in [0.5, 0.6) is 0 Å². The second-order valence-electron chi connectivity index (χ2n) is 5.87. The number of nitrogen functional groups attached to an aromatic ring is 1. The van der Waals surface area contributed by atoms with Crippen molar-refractivity contribution in [3.05, 3.63) is 34.7 Å². The summed E-state index contributed by atoms with van der Waals surface area (Å²) < 4.78 is 3.57. The minimum absolute atomic E-state index is 0.195. The highest BCUT2D eigenvalue weighted by Gasteiger charge is 2.13. The molecule has 1 amide bonds. The Hall–Kier alpha value is -3.01. The zero-order chi connectivity index (χ0) is 18.3. The summed E-state index contributed by atoms with van der Waals surface area (Å²) in [6.07, 6.45) is 4.07. The highest BCUT2D eigenvalue weighted by Crippen LogP contribution is 2.17. The smallest absolute Gasteiger partial charge is 0.252 e. The predicted octanol–water partition coefficient (Wildman–Crippen LogP) is 1.42.